The highest BCUT2D eigenvalue weighted by Gasteiger charge is 2.06. The number of hydrogen-bond donors (Lipinski definition) is 1. The molecule has 122 valence electrons. The van der Waals surface area contributed by atoms with Gasteiger partial charge in [0.1, 0.15) is 6.33 Å². The van der Waals surface area contributed by atoms with Crippen molar-refractivity contribution in [1.29, 1.82) is 0 Å². The number of carbonyl (C=O) groups excluding carboxylic acids is 1. The lowest BCUT2D eigenvalue weighted by Crippen LogP contribution is -2.21. The number of aromatic nitrogens is 4. The van der Waals surface area contributed by atoms with Crippen LogP contribution >= 0.6 is 22.9 Å². The highest BCUT2D eigenvalue weighted by molar-refractivity contribution is 7.18. The number of nitrogens with zero attached hydrogens (tertiary/aromatic N) is 5. The average Bonchev–Trinajstić information content (AvgIpc) is 3.25. The molecule has 1 N–H and O–H groups in total. The van der Waals surface area contributed by atoms with Crippen LogP contribution < -0.4 is 5.43 Å². The second kappa shape index (κ2) is 7.33. The van der Waals surface area contributed by atoms with Gasteiger partial charge in [0.15, 0.2) is 0 Å². The Bertz CT molecular complexity index is 856. The van der Waals surface area contributed by atoms with E-state index in [-0.39, 0.29) is 12.3 Å². The zero-order chi connectivity index (χ0) is 16.9. The van der Waals surface area contributed by atoms with Gasteiger partial charge in [-0.1, -0.05) is 23.7 Å². The molecule has 2 heterocycles. The van der Waals surface area contributed by atoms with Gasteiger partial charge < -0.3 is 0 Å². The van der Waals surface area contributed by atoms with E-state index in [4.69, 9.17) is 11.6 Å². The second-order valence-electron chi connectivity index (χ2n) is 4.93. The predicted octanol–water partition coefficient (Wildman–Crippen LogP) is 2.46. The number of rotatable bonds is 5. The molecule has 1 aromatic carbocycles. The first kappa shape index (κ1) is 16.3. The van der Waals surface area contributed by atoms with Crippen LogP contribution in [0.3, 0.4) is 0 Å². The number of hydrogen-bond acceptors (Lipinski definition) is 6. The lowest BCUT2D eigenvalue weighted by atomic mass is 10.1. The van der Waals surface area contributed by atoms with Gasteiger partial charge in [-0.25, -0.2) is 10.1 Å². The van der Waals surface area contributed by atoms with Crippen LogP contribution in [0, 0.1) is 0 Å². The Balaban J connectivity index is 1.58. The summed E-state index contributed by atoms with van der Waals surface area (Å²) in [6.45, 7) is 1.82. The Hall–Kier alpha value is -2.58. The third kappa shape index (κ3) is 4.03. The normalized spacial score (nSPS) is 11.5. The van der Waals surface area contributed by atoms with Gasteiger partial charge in [0.2, 0.25) is 5.91 Å². The monoisotopic (exact) mass is 360 g/mol. The highest BCUT2D eigenvalue weighted by Crippen LogP contribution is 2.21. The Kier molecular flexibility index (Phi) is 4.97. The molecule has 3 aromatic rings. The van der Waals surface area contributed by atoms with E-state index in [1.54, 1.807) is 10.7 Å². The van der Waals surface area contributed by atoms with Crippen LogP contribution in [0.4, 0.5) is 0 Å². The maximum atomic E-state index is 12.0. The van der Waals surface area contributed by atoms with Crippen LogP contribution in [0.1, 0.15) is 17.4 Å². The summed E-state index contributed by atoms with van der Waals surface area (Å²) in [5.41, 5.74) is 4.97. The van der Waals surface area contributed by atoms with E-state index in [9.17, 15) is 4.79 Å². The number of carbonyl (C=O) groups is 1. The largest absolute Gasteiger partial charge is 0.273 e. The zero-order valence-electron chi connectivity index (χ0n) is 12.7. The molecule has 0 aliphatic rings. The minimum absolute atomic E-state index is 0.188. The number of tetrazole rings is 1. The van der Waals surface area contributed by atoms with E-state index >= 15 is 0 Å². The van der Waals surface area contributed by atoms with Crippen molar-refractivity contribution >= 4 is 34.6 Å². The SMILES string of the molecule is C/C(=N\NC(=O)Cc1ccc(-n2cnnn2)cc1)c1ccc(Cl)s1. The maximum Gasteiger partial charge on any atom is 0.244 e. The van der Waals surface area contributed by atoms with E-state index < -0.39 is 0 Å². The zero-order valence-corrected chi connectivity index (χ0v) is 14.3. The molecule has 24 heavy (non-hydrogen) atoms. The van der Waals surface area contributed by atoms with Gasteiger partial charge in [-0.3, -0.25) is 4.79 Å². The first-order valence-corrected chi connectivity index (χ1v) is 8.22. The van der Waals surface area contributed by atoms with Crippen molar-refractivity contribution in [2.24, 2.45) is 5.10 Å². The van der Waals surface area contributed by atoms with Gasteiger partial charge in [0.25, 0.3) is 0 Å². The molecule has 7 nitrogen and oxygen atoms in total. The van der Waals surface area contributed by atoms with Crippen LogP contribution in [0.25, 0.3) is 5.69 Å². The lowest BCUT2D eigenvalue weighted by molar-refractivity contribution is -0.120. The third-order valence-electron chi connectivity index (χ3n) is 3.19. The number of benzene rings is 1. The molecule has 3 rings (SSSR count). The standard InChI is InChI=1S/C15H13ClN6OS/c1-10(13-6-7-14(16)24-13)18-19-15(23)8-11-2-4-12(5-3-11)22-9-17-20-21-22/h2-7,9H,8H2,1H3,(H,19,23)/b18-10+. The number of thiophene rings is 1. The quantitative estimate of drug-likeness (QED) is 0.559. The van der Waals surface area contributed by atoms with E-state index in [2.05, 4.69) is 26.1 Å². The van der Waals surface area contributed by atoms with Crippen LogP contribution in [0.2, 0.25) is 4.34 Å². The van der Waals surface area contributed by atoms with Crippen molar-refractivity contribution in [3.8, 4) is 5.69 Å². The van der Waals surface area contributed by atoms with Gasteiger partial charge in [-0.2, -0.15) is 5.10 Å². The molecular formula is C15H13ClN6OS. The summed E-state index contributed by atoms with van der Waals surface area (Å²) in [5.74, 6) is -0.188. The molecule has 0 bridgehead atoms. The van der Waals surface area contributed by atoms with Crippen molar-refractivity contribution < 1.29 is 4.79 Å². The first-order valence-electron chi connectivity index (χ1n) is 7.03. The molecule has 9 heteroatoms. The van der Waals surface area contributed by atoms with Crippen LogP contribution in [-0.2, 0) is 11.2 Å². The molecule has 0 atom stereocenters. The fraction of sp³-hybridized carbons (Fsp3) is 0.133. The summed E-state index contributed by atoms with van der Waals surface area (Å²) in [5, 5.41) is 15.1. The molecule has 0 aliphatic carbocycles. The van der Waals surface area contributed by atoms with Crippen molar-refractivity contribution in [1.82, 2.24) is 25.6 Å². The molecule has 0 saturated carbocycles. The minimum Gasteiger partial charge on any atom is -0.273 e. The molecule has 0 saturated heterocycles. The Morgan fingerprint density at radius 3 is 2.71 bits per heavy atom. The fourth-order valence-electron chi connectivity index (χ4n) is 1.98. The molecular weight excluding hydrogens is 348 g/mol. The topological polar surface area (TPSA) is 85.1 Å². The first-order chi connectivity index (χ1) is 11.6. The van der Waals surface area contributed by atoms with E-state index in [0.717, 1.165) is 16.1 Å². The van der Waals surface area contributed by atoms with Crippen LogP contribution in [-0.4, -0.2) is 31.8 Å². The second-order valence-corrected chi connectivity index (χ2v) is 6.65. The lowest BCUT2D eigenvalue weighted by Gasteiger charge is -2.04. The summed E-state index contributed by atoms with van der Waals surface area (Å²) in [7, 11) is 0. The van der Waals surface area contributed by atoms with E-state index in [1.807, 2.05) is 37.3 Å². The maximum absolute atomic E-state index is 12.0. The molecule has 0 radical (unpaired) electrons. The van der Waals surface area contributed by atoms with Gasteiger partial charge in [0.05, 0.1) is 27.0 Å². The molecule has 0 spiro atoms. The Morgan fingerprint density at radius 2 is 2.08 bits per heavy atom. The summed E-state index contributed by atoms with van der Waals surface area (Å²) in [4.78, 5) is 12.9. The molecule has 0 unspecified atom stereocenters. The summed E-state index contributed by atoms with van der Waals surface area (Å²) in [6, 6.07) is 11.1. The van der Waals surface area contributed by atoms with Gasteiger partial charge in [0, 0.05) is 0 Å². The third-order valence-corrected chi connectivity index (χ3v) is 4.53. The smallest absolute Gasteiger partial charge is 0.244 e. The minimum atomic E-state index is -0.188. The summed E-state index contributed by atoms with van der Waals surface area (Å²) >= 11 is 7.30. The molecule has 1 amide bonds. The Labute approximate surface area is 147 Å². The van der Waals surface area contributed by atoms with E-state index in [0.29, 0.717) is 10.0 Å². The highest BCUT2D eigenvalue weighted by atomic mass is 35.5. The van der Waals surface area contributed by atoms with E-state index in [1.165, 1.54) is 17.7 Å². The number of halogens is 1. The fourth-order valence-corrected chi connectivity index (χ4v) is 2.97. The van der Waals surface area contributed by atoms with Crippen LogP contribution in [0.15, 0.2) is 47.8 Å². The van der Waals surface area contributed by atoms with Crippen LogP contribution in [0.5, 0.6) is 0 Å². The average molecular weight is 361 g/mol. The predicted molar refractivity (Wildman–Crippen MR) is 92.5 cm³/mol. The van der Waals surface area contributed by atoms with Gasteiger partial charge >= 0.3 is 0 Å². The summed E-state index contributed by atoms with van der Waals surface area (Å²) in [6.07, 6.45) is 1.74. The molecule has 0 aliphatic heterocycles. The number of amides is 1. The number of nitrogens with one attached hydrogen (secondary N) is 1. The van der Waals surface area contributed by atoms with Crippen molar-refractivity contribution in [2.45, 2.75) is 13.3 Å². The molecule has 0 fully saturated rings. The van der Waals surface area contributed by atoms with Crippen molar-refractivity contribution in [3.63, 3.8) is 0 Å². The molecule has 2 aromatic heterocycles. The number of hydrazone groups is 1. The van der Waals surface area contributed by atoms with Crippen molar-refractivity contribution in [2.75, 3.05) is 0 Å². The Morgan fingerprint density at radius 1 is 1.29 bits per heavy atom. The van der Waals surface area contributed by atoms with Gasteiger partial charge in [-0.15, -0.1) is 16.4 Å². The summed E-state index contributed by atoms with van der Waals surface area (Å²) < 4.78 is 2.23. The van der Waals surface area contributed by atoms with Crippen molar-refractivity contribution in [3.05, 3.63) is 57.5 Å². The van der Waals surface area contributed by atoms with Gasteiger partial charge in [-0.05, 0) is 47.2 Å².